The molecule has 0 heterocycles. The van der Waals surface area contributed by atoms with Crippen molar-refractivity contribution in [1.82, 2.24) is 0 Å². The molecule has 0 N–H and O–H groups in total. The van der Waals surface area contributed by atoms with Gasteiger partial charge in [-0.1, -0.05) is 60.7 Å². The first kappa shape index (κ1) is 16.4. The van der Waals surface area contributed by atoms with Gasteiger partial charge in [-0.15, -0.1) is 0 Å². The molecule has 112 valence electrons. The Bertz CT molecular complexity index is 773. The fraction of sp³-hybridized carbons (Fsp3) is 0.143. The average molecular weight is 306 g/mol. The molecule has 1 heteroatoms. The van der Waals surface area contributed by atoms with Gasteiger partial charge in [0, 0.05) is 0 Å². The van der Waals surface area contributed by atoms with Crippen LogP contribution >= 0.6 is 13.5 Å². The molecule has 0 spiro atoms. The van der Waals surface area contributed by atoms with Gasteiger partial charge < -0.3 is 0 Å². The van der Waals surface area contributed by atoms with E-state index < -0.39 is 0 Å². The number of benzene rings is 3. The van der Waals surface area contributed by atoms with E-state index in [1.165, 1.54) is 38.9 Å². The molecule has 3 aromatic carbocycles. The molecule has 0 aliphatic rings. The Labute approximate surface area is 140 Å². The van der Waals surface area contributed by atoms with Crippen molar-refractivity contribution in [2.45, 2.75) is 20.8 Å². The van der Waals surface area contributed by atoms with Crippen molar-refractivity contribution in [3.63, 3.8) is 0 Å². The summed E-state index contributed by atoms with van der Waals surface area (Å²) in [6.07, 6.45) is 0. The van der Waals surface area contributed by atoms with Crippen LogP contribution in [0.4, 0.5) is 0 Å². The third kappa shape index (κ3) is 3.10. The van der Waals surface area contributed by atoms with Gasteiger partial charge in [0.2, 0.25) is 0 Å². The topological polar surface area (TPSA) is 0 Å². The highest BCUT2D eigenvalue weighted by Gasteiger charge is 2.07. The molecule has 0 saturated heterocycles. The summed E-state index contributed by atoms with van der Waals surface area (Å²) in [7, 11) is 0. The summed E-state index contributed by atoms with van der Waals surface area (Å²) in [5, 5.41) is 0. The Morgan fingerprint density at radius 3 is 1.91 bits per heavy atom. The Kier molecular flexibility index (Phi) is 5.10. The van der Waals surface area contributed by atoms with Gasteiger partial charge >= 0.3 is 0 Å². The molecule has 0 unspecified atom stereocenters. The zero-order valence-electron chi connectivity index (χ0n) is 13.4. The molecule has 0 fully saturated rings. The third-order valence-corrected chi connectivity index (χ3v) is 4.34. The highest BCUT2D eigenvalue weighted by molar-refractivity contribution is 7.59. The van der Waals surface area contributed by atoms with Crippen LogP contribution in [0.25, 0.3) is 22.3 Å². The second-order valence-electron chi connectivity index (χ2n) is 5.63. The summed E-state index contributed by atoms with van der Waals surface area (Å²) in [6.45, 7) is 6.59. The normalized spacial score (nSPS) is 10.1. The Morgan fingerprint density at radius 2 is 1.18 bits per heavy atom. The quantitative estimate of drug-likeness (QED) is 0.540. The molecule has 0 aromatic heterocycles. The Balaban J connectivity index is 0.00000176. The first-order valence-electron chi connectivity index (χ1n) is 7.39. The standard InChI is InChI=1S/C21H20.H2S/c1-15-12-13-21(17(3)16(15)2)20-11-7-10-19(14-20)18-8-5-4-6-9-18;/h4-14H,1-3H3;1H2. The van der Waals surface area contributed by atoms with Gasteiger partial charge in [0.15, 0.2) is 0 Å². The lowest BCUT2D eigenvalue weighted by molar-refractivity contribution is 1.27. The monoisotopic (exact) mass is 306 g/mol. The van der Waals surface area contributed by atoms with Crippen molar-refractivity contribution in [2.75, 3.05) is 0 Å². The van der Waals surface area contributed by atoms with Crippen molar-refractivity contribution >= 4 is 13.5 Å². The molecule has 0 saturated carbocycles. The number of hydrogen-bond acceptors (Lipinski definition) is 0. The van der Waals surface area contributed by atoms with Crippen LogP contribution in [0.5, 0.6) is 0 Å². The third-order valence-electron chi connectivity index (χ3n) is 4.34. The molecule has 0 radical (unpaired) electrons. The molecule has 0 aliphatic carbocycles. The second-order valence-corrected chi connectivity index (χ2v) is 5.63. The molecule has 0 nitrogen and oxygen atoms in total. The summed E-state index contributed by atoms with van der Waals surface area (Å²) in [6, 6.07) is 23.8. The molecule has 22 heavy (non-hydrogen) atoms. The van der Waals surface area contributed by atoms with E-state index in [0.29, 0.717) is 0 Å². The maximum atomic E-state index is 2.28. The minimum atomic E-state index is 0. The molecular weight excluding hydrogens is 284 g/mol. The Hall–Kier alpha value is -1.99. The van der Waals surface area contributed by atoms with Crippen LogP contribution in [0.15, 0.2) is 66.7 Å². The second kappa shape index (κ2) is 6.85. The molecular formula is C21H22S. The van der Waals surface area contributed by atoms with Gasteiger partial charge in [0.1, 0.15) is 0 Å². The average Bonchev–Trinajstić information content (AvgIpc) is 2.54. The molecule has 3 rings (SSSR count). The van der Waals surface area contributed by atoms with Gasteiger partial charge in [-0.25, -0.2) is 0 Å². The molecule has 0 aliphatic heterocycles. The number of rotatable bonds is 2. The summed E-state index contributed by atoms with van der Waals surface area (Å²) in [5.74, 6) is 0. The van der Waals surface area contributed by atoms with Crippen molar-refractivity contribution < 1.29 is 0 Å². The zero-order chi connectivity index (χ0) is 14.8. The number of aryl methyl sites for hydroxylation is 1. The molecule has 0 atom stereocenters. The Morgan fingerprint density at radius 1 is 0.545 bits per heavy atom. The van der Waals surface area contributed by atoms with Crippen molar-refractivity contribution in [2.24, 2.45) is 0 Å². The summed E-state index contributed by atoms with van der Waals surface area (Å²) in [4.78, 5) is 0. The highest BCUT2D eigenvalue weighted by atomic mass is 32.1. The first-order valence-corrected chi connectivity index (χ1v) is 7.39. The fourth-order valence-corrected chi connectivity index (χ4v) is 2.77. The molecule has 0 bridgehead atoms. The highest BCUT2D eigenvalue weighted by Crippen LogP contribution is 2.30. The van der Waals surface area contributed by atoms with Gasteiger partial charge in [0.25, 0.3) is 0 Å². The van der Waals surface area contributed by atoms with E-state index in [1.807, 2.05) is 0 Å². The summed E-state index contributed by atoms with van der Waals surface area (Å²) >= 11 is 0. The summed E-state index contributed by atoms with van der Waals surface area (Å²) in [5.41, 5.74) is 9.27. The van der Waals surface area contributed by atoms with Gasteiger partial charge in [-0.2, -0.15) is 13.5 Å². The predicted octanol–water partition coefficient (Wildman–Crippen LogP) is 6.06. The zero-order valence-corrected chi connectivity index (χ0v) is 14.4. The summed E-state index contributed by atoms with van der Waals surface area (Å²) < 4.78 is 0. The van der Waals surface area contributed by atoms with E-state index in [9.17, 15) is 0 Å². The van der Waals surface area contributed by atoms with Crippen LogP contribution in [0, 0.1) is 20.8 Å². The van der Waals surface area contributed by atoms with Crippen molar-refractivity contribution in [1.29, 1.82) is 0 Å². The lowest BCUT2D eigenvalue weighted by Gasteiger charge is -2.12. The lowest BCUT2D eigenvalue weighted by Crippen LogP contribution is -1.91. The SMILES string of the molecule is Cc1ccc(-c2cccc(-c3ccccc3)c2)c(C)c1C.S. The minimum absolute atomic E-state index is 0. The fourth-order valence-electron chi connectivity index (χ4n) is 2.77. The maximum Gasteiger partial charge on any atom is -0.0152 e. The van der Waals surface area contributed by atoms with Gasteiger partial charge in [-0.3, -0.25) is 0 Å². The molecule has 0 amide bonds. The number of hydrogen-bond donors (Lipinski definition) is 0. The van der Waals surface area contributed by atoms with Crippen LogP contribution in [-0.2, 0) is 0 Å². The van der Waals surface area contributed by atoms with E-state index in [4.69, 9.17) is 0 Å². The maximum absolute atomic E-state index is 2.28. The van der Waals surface area contributed by atoms with E-state index >= 15 is 0 Å². The van der Waals surface area contributed by atoms with Crippen LogP contribution in [0.2, 0.25) is 0 Å². The van der Waals surface area contributed by atoms with Gasteiger partial charge in [0.05, 0.1) is 0 Å². The van der Waals surface area contributed by atoms with Gasteiger partial charge in [-0.05, 0) is 65.8 Å². The van der Waals surface area contributed by atoms with E-state index in [0.717, 1.165) is 0 Å². The van der Waals surface area contributed by atoms with E-state index in [2.05, 4.69) is 87.5 Å². The minimum Gasteiger partial charge on any atom is -0.197 e. The van der Waals surface area contributed by atoms with Crippen LogP contribution in [0.3, 0.4) is 0 Å². The predicted molar refractivity (Wildman–Crippen MR) is 102 cm³/mol. The van der Waals surface area contributed by atoms with Crippen molar-refractivity contribution in [3.8, 4) is 22.3 Å². The van der Waals surface area contributed by atoms with Crippen LogP contribution in [-0.4, -0.2) is 0 Å². The van der Waals surface area contributed by atoms with E-state index in [-0.39, 0.29) is 13.5 Å². The molecule has 3 aromatic rings. The van der Waals surface area contributed by atoms with Crippen LogP contribution < -0.4 is 0 Å². The lowest BCUT2D eigenvalue weighted by atomic mass is 9.92. The first-order chi connectivity index (χ1) is 10.2. The smallest absolute Gasteiger partial charge is 0.0152 e. The largest absolute Gasteiger partial charge is 0.197 e. The van der Waals surface area contributed by atoms with Crippen molar-refractivity contribution in [3.05, 3.63) is 83.4 Å². The van der Waals surface area contributed by atoms with Crippen LogP contribution in [0.1, 0.15) is 16.7 Å². The van der Waals surface area contributed by atoms with E-state index in [1.54, 1.807) is 0 Å².